The predicted octanol–water partition coefficient (Wildman–Crippen LogP) is 4.74. The quantitative estimate of drug-likeness (QED) is 0.781. The molecule has 0 saturated carbocycles. The van der Waals surface area contributed by atoms with E-state index in [4.69, 9.17) is 17.3 Å². The molecule has 0 heterocycles. The Morgan fingerprint density at radius 1 is 1.21 bits per heavy atom. The van der Waals surface area contributed by atoms with Crippen molar-refractivity contribution in [1.29, 1.82) is 0 Å². The lowest BCUT2D eigenvalue weighted by molar-refractivity contribution is 0.539. The molecule has 2 rings (SSSR count). The van der Waals surface area contributed by atoms with Gasteiger partial charge in [-0.25, -0.2) is 8.78 Å². The van der Waals surface area contributed by atoms with Crippen LogP contribution in [0, 0.1) is 18.6 Å². The normalized spacial score (nSPS) is 12.5. The number of halogens is 4. The maximum Gasteiger partial charge on any atom is 0.145 e. The Morgan fingerprint density at radius 2 is 1.89 bits per heavy atom. The van der Waals surface area contributed by atoms with Crippen molar-refractivity contribution < 1.29 is 8.78 Å². The van der Waals surface area contributed by atoms with E-state index in [-0.39, 0.29) is 10.0 Å². The third kappa shape index (κ3) is 2.66. The van der Waals surface area contributed by atoms with Crippen LogP contribution in [0.3, 0.4) is 0 Å². The first kappa shape index (κ1) is 14.4. The minimum absolute atomic E-state index is 0.170. The van der Waals surface area contributed by atoms with E-state index in [0.717, 1.165) is 5.56 Å². The standard InChI is InChI=1S/C14H11BrClF2N/c1-7-3-2-4-8(12(7)16)14(19)11-10(17)6-5-9(15)13(11)18/h2-6,14H,19H2,1H3. The molecular formula is C14H11BrClF2N. The van der Waals surface area contributed by atoms with E-state index < -0.39 is 17.7 Å². The zero-order valence-electron chi connectivity index (χ0n) is 10.1. The molecule has 0 amide bonds. The van der Waals surface area contributed by atoms with E-state index in [1.807, 2.05) is 13.0 Å². The summed E-state index contributed by atoms with van der Waals surface area (Å²) in [6.45, 7) is 1.81. The van der Waals surface area contributed by atoms with E-state index in [2.05, 4.69) is 15.9 Å². The highest BCUT2D eigenvalue weighted by Gasteiger charge is 2.22. The van der Waals surface area contributed by atoms with Crippen molar-refractivity contribution in [3.05, 3.63) is 68.2 Å². The van der Waals surface area contributed by atoms with Crippen LogP contribution in [0.25, 0.3) is 0 Å². The Bertz CT molecular complexity index is 631. The van der Waals surface area contributed by atoms with Crippen LogP contribution < -0.4 is 5.73 Å². The molecule has 0 aliphatic heterocycles. The fourth-order valence-corrected chi connectivity index (χ4v) is 2.48. The average Bonchev–Trinajstić information content (AvgIpc) is 2.37. The second kappa shape index (κ2) is 5.57. The van der Waals surface area contributed by atoms with Gasteiger partial charge in [0, 0.05) is 10.6 Å². The van der Waals surface area contributed by atoms with Gasteiger partial charge < -0.3 is 5.73 Å². The minimum atomic E-state index is -0.954. The molecule has 2 N–H and O–H groups in total. The van der Waals surface area contributed by atoms with E-state index in [1.165, 1.54) is 12.1 Å². The Kier molecular flexibility index (Phi) is 4.23. The van der Waals surface area contributed by atoms with Crippen LogP contribution >= 0.6 is 27.5 Å². The Labute approximate surface area is 123 Å². The molecule has 1 nitrogen and oxygen atoms in total. The summed E-state index contributed by atoms with van der Waals surface area (Å²) in [6, 6.07) is 6.76. The molecular weight excluding hydrogens is 336 g/mol. The molecule has 1 unspecified atom stereocenters. The zero-order chi connectivity index (χ0) is 14.2. The van der Waals surface area contributed by atoms with Gasteiger partial charge in [0.25, 0.3) is 0 Å². The smallest absolute Gasteiger partial charge is 0.145 e. The van der Waals surface area contributed by atoms with E-state index >= 15 is 0 Å². The van der Waals surface area contributed by atoms with E-state index in [0.29, 0.717) is 10.6 Å². The molecule has 0 radical (unpaired) electrons. The highest BCUT2D eigenvalue weighted by atomic mass is 79.9. The van der Waals surface area contributed by atoms with Gasteiger partial charge in [0.1, 0.15) is 11.6 Å². The summed E-state index contributed by atoms with van der Waals surface area (Å²) in [5, 5.41) is 0.425. The van der Waals surface area contributed by atoms with Crippen molar-refractivity contribution in [1.82, 2.24) is 0 Å². The number of hydrogen-bond acceptors (Lipinski definition) is 1. The Morgan fingerprint density at radius 3 is 2.58 bits per heavy atom. The van der Waals surface area contributed by atoms with Gasteiger partial charge in [-0.3, -0.25) is 0 Å². The molecule has 0 aromatic heterocycles. The van der Waals surface area contributed by atoms with Crippen LogP contribution in [0.1, 0.15) is 22.7 Å². The summed E-state index contributed by atoms with van der Waals surface area (Å²) in [6.07, 6.45) is 0. The van der Waals surface area contributed by atoms with Crippen molar-refractivity contribution in [2.24, 2.45) is 5.73 Å². The molecule has 0 aliphatic carbocycles. The van der Waals surface area contributed by atoms with Gasteiger partial charge in [0.2, 0.25) is 0 Å². The van der Waals surface area contributed by atoms with Gasteiger partial charge in [0.15, 0.2) is 0 Å². The monoisotopic (exact) mass is 345 g/mol. The number of hydrogen-bond donors (Lipinski definition) is 1. The van der Waals surface area contributed by atoms with Crippen LogP contribution in [-0.4, -0.2) is 0 Å². The number of aryl methyl sites for hydroxylation is 1. The van der Waals surface area contributed by atoms with Gasteiger partial charge in [-0.1, -0.05) is 29.8 Å². The van der Waals surface area contributed by atoms with Crippen molar-refractivity contribution in [2.45, 2.75) is 13.0 Å². The second-order valence-corrected chi connectivity index (χ2v) is 5.44. The molecule has 1 atom stereocenters. The largest absolute Gasteiger partial charge is 0.320 e. The highest BCUT2D eigenvalue weighted by Crippen LogP contribution is 2.33. The molecule has 2 aromatic rings. The minimum Gasteiger partial charge on any atom is -0.320 e. The van der Waals surface area contributed by atoms with Crippen LogP contribution in [-0.2, 0) is 0 Å². The topological polar surface area (TPSA) is 26.0 Å². The molecule has 100 valence electrons. The van der Waals surface area contributed by atoms with Crippen LogP contribution in [0.5, 0.6) is 0 Å². The van der Waals surface area contributed by atoms with Gasteiger partial charge >= 0.3 is 0 Å². The average molecular weight is 347 g/mol. The SMILES string of the molecule is Cc1cccc(C(N)c2c(F)ccc(Br)c2F)c1Cl. The summed E-state index contributed by atoms with van der Waals surface area (Å²) in [4.78, 5) is 0. The van der Waals surface area contributed by atoms with Crippen molar-refractivity contribution in [3.63, 3.8) is 0 Å². The van der Waals surface area contributed by atoms with Crippen LogP contribution in [0.4, 0.5) is 8.78 Å². The van der Waals surface area contributed by atoms with Crippen LogP contribution in [0.15, 0.2) is 34.8 Å². The highest BCUT2D eigenvalue weighted by molar-refractivity contribution is 9.10. The molecule has 0 spiro atoms. The van der Waals surface area contributed by atoms with Crippen LogP contribution in [0.2, 0.25) is 5.02 Å². The molecule has 0 bridgehead atoms. The van der Waals surface area contributed by atoms with Gasteiger partial charge in [-0.05, 0) is 46.1 Å². The lowest BCUT2D eigenvalue weighted by atomic mass is 9.97. The van der Waals surface area contributed by atoms with E-state index in [1.54, 1.807) is 12.1 Å². The fraction of sp³-hybridized carbons (Fsp3) is 0.143. The number of benzene rings is 2. The summed E-state index contributed by atoms with van der Waals surface area (Å²) >= 11 is 9.17. The van der Waals surface area contributed by atoms with Gasteiger partial charge in [-0.15, -0.1) is 0 Å². The first-order chi connectivity index (χ1) is 8.93. The maximum absolute atomic E-state index is 14.0. The Balaban J connectivity index is 2.59. The lowest BCUT2D eigenvalue weighted by Crippen LogP contribution is -2.16. The first-order valence-corrected chi connectivity index (χ1v) is 6.74. The Hall–Kier alpha value is -0.970. The third-order valence-electron chi connectivity index (χ3n) is 2.95. The molecule has 5 heteroatoms. The molecule has 0 saturated heterocycles. The summed E-state index contributed by atoms with van der Waals surface area (Å²) in [7, 11) is 0. The number of nitrogens with two attached hydrogens (primary N) is 1. The fourth-order valence-electron chi connectivity index (χ4n) is 1.89. The predicted molar refractivity (Wildman–Crippen MR) is 76.3 cm³/mol. The van der Waals surface area contributed by atoms with Crippen molar-refractivity contribution >= 4 is 27.5 Å². The summed E-state index contributed by atoms with van der Waals surface area (Å²) in [5.74, 6) is -1.39. The lowest BCUT2D eigenvalue weighted by Gasteiger charge is -2.17. The van der Waals surface area contributed by atoms with E-state index in [9.17, 15) is 8.78 Å². The van der Waals surface area contributed by atoms with Gasteiger partial charge in [-0.2, -0.15) is 0 Å². The molecule has 19 heavy (non-hydrogen) atoms. The third-order valence-corrected chi connectivity index (χ3v) is 4.08. The molecule has 0 fully saturated rings. The molecule has 0 aliphatic rings. The second-order valence-electron chi connectivity index (χ2n) is 4.21. The van der Waals surface area contributed by atoms with Crippen molar-refractivity contribution in [2.75, 3.05) is 0 Å². The summed E-state index contributed by atoms with van der Waals surface area (Å²) < 4.78 is 28.0. The first-order valence-electron chi connectivity index (χ1n) is 5.57. The summed E-state index contributed by atoms with van der Waals surface area (Å²) in [5.41, 5.74) is 7.09. The maximum atomic E-state index is 14.0. The van der Waals surface area contributed by atoms with Crippen molar-refractivity contribution in [3.8, 4) is 0 Å². The van der Waals surface area contributed by atoms with Gasteiger partial charge in [0.05, 0.1) is 10.5 Å². The number of rotatable bonds is 2. The zero-order valence-corrected chi connectivity index (χ0v) is 12.4. The molecule has 2 aromatic carbocycles.